The van der Waals surface area contributed by atoms with E-state index in [-0.39, 0.29) is 11.3 Å². The van der Waals surface area contributed by atoms with E-state index in [9.17, 15) is 4.79 Å². The molecule has 1 aromatic carbocycles. The fraction of sp³-hybridized carbons (Fsp3) is 0.476. The lowest BCUT2D eigenvalue weighted by molar-refractivity contribution is -0.140. The molecule has 2 atom stereocenters. The van der Waals surface area contributed by atoms with Crippen LogP contribution in [-0.4, -0.2) is 17.9 Å². The second kappa shape index (κ2) is 5.80. The van der Waals surface area contributed by atoms with Crippen LogP contribution in [0.1, 0.15) is 55.6 Å². The van der Waals surface area contributed by atoms with Crippen LogP contribution in [-0.2, 0) is 16.8 Å². The molecule has 24 heavy (non-hydrogen) atoms. The van der Waals surface area contributed by atoms with Gasteiger partial charge in [0.25, 0.3) is 0 Å². The number of amides is 1. The third kappa shape index (κ3) is 2.56. The predicted molar refractivity (Wildman–Crippen MR) is 93.7 cm³/mol. The molecule has 3 heteroatoms. The van der Waals surface area contributed by atoms with Gasteiger partial charge in [-0.2, -0.15) is 0 Å². The number of furan rings is 1. The van der Waals surface area contributed by atoms with Gasteiger partial charge in [-0.1, -0.05) is 43.7 Å². The molecule has 0 bridgehead atoms. The van der Waals surface area contributed by atoms with Gasteiger partial charge in [-0.05, 0) is 42.9 Å². The van der Waals surface area contributed by atoms with Gasteiger partial charge in [0.2, 0.25) is 5.91 Å². The summed E-state index contributed by atoms with van der Waals surface area (Å²) in [6, 6.07) is 14.3. The molecule has 0 unspecified atom stereocenters. The molecule has 0 radical (unpaired) electrons. The molecule has 2 aliphatic rings. The lowest BCUT2D eigenvalue weighted by atomic mass is 9.63. The van der Waals surface area contributed by atoms with Gasteiger partial charge in [-0.3, -0.25) is 4.79 Å². The third-order valence-corrected chi connectivity index (χ3v) is 5.84. The number of hydrogen-bond donors (Lipinski definition) is 0. The van der Waals surface area contributed by atoms with Crippen molar-refractivity contribution in [3.05, 3.63) is 59.5 Å². The van der Waals surface area contributed by atoms with Gasteiger partial charge in [0.05, 0.1) is 12.0 Å². The van der Waals surface area contributed by atoms with Crippen molar-refractivity contribution in [1.29, 1.82) is 0 Å². The minimum Gasteiger partial charge on any atom is -0.464 e. The lowest BCUT2D eigenvalue weighted by Gasteiger charge is -2.43. The standard InChI is InChI=1S/C21H25NO2/c1-15-13-18(15)19-10-9-17(24-19)14-22(2)20(23)21(11-6-12-21)16-7-4-3-5-8-16/h3-5,7-10,15,18H,6,11-14H2,1-2H3/t15-,18-/m1/s1. The van der Waals surface area contributed by atoms with E-state index < -0.39 is 0 Å². The van der Waals surface area contributed by atoms with Crippen molar-refractivity contribution in [2.75, 3.05) is 7.05 Å². The molecule has 0 aliphatic heterocycles. The van der Waals surface area contributed by atoms with E-state index >= 15 is 0 Å². The SMILES string of the molecule is C[C@@H]1C[C@H]1c1ccc(CN(C)C(=O)C2(c3ccccc3)CCC2)o1. The second-order valence-corrected chi connectivity index (χ2v) is 7.59. The molecule has 126 valence electrons. The zero-order valence-corrected chi connectivity index (χ0v) is 14.5. The van der Waals surface area contributed by atoms with E-state index in [0.29, 0.717) is 12.5 Å². The molecule has 1 heterocycles. The molecule has 2 fully saturated rings. The Labute approximate surface area is 143 Å². The Bertz CT molecular complexity index is 729. The summed E-state index contributed by atoms with van der Waals surface area (Å²) >= 11 is 0. The summed E-state index contributed by atoms with van der Waals surface area (Å²) in [6.45, 7) is 2.80. The van der Waals surface area contributed by atoms with Crippen molar-refractivity contribution < 1.29 is 9.21 Å². The first kappa shape index (κ1) is 15.5. The van der Waals surface area contributed by atoms with E-state index in [4.69, 9.17) is 4.42 Å². The maximum Gasteiger partial charge on any atom is 0.233 e. The van der Waals surface area contributed by atoms with Crippen LogP contribution >= 0.6 is 0 Å². The van der Waals surface area contributed by atoms with Crippen LogP contribution < -0.4 is 0 Å². The number of rotatable bonds is 5. The zero-order chi connectivity index (χ0) is 16.7. The van der Waals surface area contributed by atoms with Crippen molar-refractivity contribution in [1.82, 2.24) is 4.90 Å². The molecule has 0 N–H and O–H groups in total. The molecular weight excluding hydrogens is 298 g/mol. The maximum absolute atomic E-state index is 13.1. The molecule has 0 spiro atoms. The Morgan fingerprint density at radius 1 is 1.21 bits per heavy atom. The summed E-state index contributed by atoms with van der Waals surface area (Å²) in [5.74, 6) is 3.52. The highest BCUT2D eigenvalue weighted by Crippen LogP contribution is 2.48. The monoisotopic (exact) mass is 323 g/mol. The van der Waals surface area contributed by atoms with Crippen molar-refractivity contribution in [3.8, 4) is 0 Å². The summed E-state index contributed by atoms with van der Waals surface area (Å²) in [7, 11) is 1.90. The van der Waals surface area contributed by atoms with Crippen molar-refractivity contribution in [2.24, 2.45) is 5.92 Å². The van der Waals surface area contributed by atoms with Crippen LogP contribution in [0, 0.1) is 5.92 Å². The van der Waals surface area contributed by atoms with Crippen molar-refractivity contribution >= 4 is 5.91 Å². The number of hydrogen-bond acceptors (Lipinski definition) is 2. The highest BCUT2D eigenvalue weighted by Gasteiger charge is 2.47. The molecule has 1 aromatic heterocycles. The van der Waals surface area contributed by atoms with Crippen molar-refractivity contribution in [2.45, 2.75) is 50.5 Å². The van der Waals surface area contributed by atoms with E-state index in [1.807, 2.05) is 36.2 Å². The zero-order valence-electron chi connectivity index (χ0n) is 14.5. The molecule has 2 aromatic rings. The predicted octanol–water partition coefficient (Wildman–Crippen LogP) is 4.48. The first-order valence-corrected chi connectivity index (χ1v) is 9.00. The quantitative estimate of drug-likeness (QED) is 0.812. The molecule has 1 amide bonds. The van der Waals surface area contributed by atoms with E-state index in [2.05, 4.69) is 25.1 Å². The van der Waals surface area contributed by atoms with E-state index in [1.165, 1.54) is 6.42 Å². The average Bonchev–Trinajstić information content (AvgIpc) is 3.09. The highest BCUT2D eigenvalue weighted by atomic mass is 16.3. The number of likely N-dealkylation sites (N-methyl/N-ethyl adjacent to an activating group) is 1. The molecule has 3 nitrogen and oxygen atoms in total. The van der Waals surface area contributed by atoms with Crippen LogP contribution in [0.25, 0.3) is 0 Å². The van der Waals surface area contributed by atoms with Gasteiger partial charge in [0, 0.05) is 13.0 Å². The Hall–Kier alpha value is -2.03. The summed E-state index contributed by atoms with van der Waals surface area (Å²) in [5.41, 5.74) is 0.830. The van der Waals surface area contributed by atoms with Gasteiger partial charge in [0.1, 0.15) is 11.5 Å². The normalized spacial score (nSPS) is 24.2. The smallest absolute Gasteiger partial charge is 0.233 e. The first-order chi connectivity index (χ1) is 11.6. The van der Waals surface area contributed by atoms with Crippen LogP contribution in [0.2, 0.25) is 0 Å². The summed E-state index contributed by atoms with van der Waals surface area (Å²) < 4.78 is 5.97. The molecule has 0 saturated heterocycles. The number of benzene rings is 1. The van der Waals surface area contributed by atoms with Crippen LogP contribution in [0.15, 0.2) is 46.9 Å². The summed E-state index contributed by atoms with van der Waals surface area (Å²) in [5, 5.41) is 0. The van der Waals surface area contributed by atoms with Gasteiger partial charge in [-0.15, -0.1) is 0 Å². The fourth-order valence-corrected chi connectivity index (χ4v) is 3.98. The molecule has 2 aliphatic carbocycles. The van der Waals surface area contributed by atoms with Gasteiger partial charge < -0.3 is 9.32 Å². The number of carbonyl (C=O) groups is 1. The van der Waals surface area contributed by atoms with Gasteiger partial charge >= 0.3 is 0 Å². The highest BCUT2D eigenvalue weighted by molar-refractivity contribution is 5.89. The number of nitrogens with zero attached hydrogens (tertiary/aromatic N) is 1. The Morgan fingerprint density at radius 2 is 1.92 bits per heavy atom. The van der Waals surface area contributed by atoms with Gasteiger partial charge in [-0.25, -0.2) is 0 Å². The van der Waals surface area contributed by atoms with E-state index in [1.54, 1.807) is 0 Å². The minimum atomic E-state index is -0.323. The van der Waals surface area contributed by atoms with Crippen LogP contribution in [0.3, 0.4) is 0 Å². The van der Waals surface area contributed by atoms with E-state index in [0.717, 1.165) is 42.3 Å². The summed E-state index contributed by atoms with van der Waals surface area (Å²) in [6.07, 6.45) is 4.24. The second-order valence-electron chi connectivity index (χ2n) is 7.59. The molecule has 2 saturated carbocycles. The first-order valence-electron chi connectivity index (χ1n) is 9.00. The van der Waals surface area contributed by atoms with Gasteiger partial charge in [0.15, 0.2) is 0 Å². The topological polar surface area (TPSA) is 33.5 Å². The number of carbonyl (C=O) groups excluding carboxylic acids is 1. The molecular formula is C21H25NO2. The fourth-order valence-electron chi connectivity index (χ4n) is 3.98. The largest absolute Gasteiger partial charge is 0.464 e. The third-order valence-electron chi connectivity index (χ3n) is 5.84. The summed E-state index contributed by atoms with van der Waals surface area (Å²) in [4.78, 5) is 15.0. The molecule has 4 rings (SSSR count). The average molecular weight is 323 g/mol. The maximum atomic E-state index is 13.1. The van der Waals surface area contributed by atoms with Crippen LogP contribution in [0.5, 0.6) is 0 Å². The Balaban J connectivity index is 1.48. The van der Waals surface area contributed by atoms with Crippen molar-refractivity contribution in [3.63, 3.8) is 0 Å². The lowest BCUT2D eigenvalue weighted by Crippen LogP contribution is -2.49. The minimum absolute atomic E-state index is 0.220. The Kier molecular flexibility index (Phi) is 3.75. The Morgan fingerprint density at radius 3 is 2.50 bits per heavy atom. The van der Waals surface area contributed by atoms with Crippen LogP contribution in [0.4, 0.5) is 0 Å².